The van der Waals surface area contributed by atoms with E-state index < -0.39 is 11.2 Å². The van der Waals surface area contributed by atoms with Gasteiger partial charge < -0.3 is 25.6 Å². The van der Waals surface area contributed by atoms with Gasteiger partial charge in [-0.1, -0.05) is 6.07 Å². The van der Waals surface area contributed by atoms with Gasteiger partial charge in [-0.05, 0) is 43.5 Å². The number of phenols is 2. The number of amides is 1. The molecule has 0 aliphatic carbocycles. The first-order valence-electron chi connectivity index (χ1n) is 9.56. The summed E-state index contributed by atoms with van der Waals surface area (Å²) in [7, 11) is 0. The molecule has 2 unspecified atom stereocenters. The number of aromatic hydroxyl groups is 2. The Balaban J connectivity index is 1.53. The predicted molar refractivity (Wildman–Crippen MR) is 113 cm³/mol. The van der Waals surface area contributed by atoms with Crippen LogP contribution in [0.15, 0.2) is 40.8 Å². The first kappa shape index (κ1) is 20.0. The van der Waals surface area contributed by atoms with Gasteiger partial charge in [0.1, 0.15) is 29.7 Å². The van der Waals surface area contributed by atoms with E-state index in [2.05, 4.69) is 9.12 Å². The number of phenolic OH excluding ortho intramolecular Hbond substituents is 2. The van der Waals surface area contributed by atoms with Gasteiger partial charge in [-0.2, -0.15) is 4.40 Å². The molecule has 158 valence electrons. The minimum Gasteiger partial charge on any atom is -0.508 e. The second kappa shape index (κ2) is 8.23. The van der Waals surface area contributed by atoms with Crippen LogP contribution < -0.4 is 15.2 Å². The van der Waals surface area contributed by atoms with Crippen LogP contribution in [0.5, 0.6) is 17.2 Å². The van der Waals surface area contributed by atoms with Crippen LogP contribution in [0.1, 0.15) is 35.2 Å². The SMILES string of the molecule is NC1=NS(=O)Nc2cccc(OCC3CCCCN3C(=O)c3ccc(O)cc3O)c21. The van der Waals surface area contributed by atoms with Crippen LogP contribution in [0.3, 0.4) is 0 Å². The summed E-state index contributed by atoms with van der Waals surface area (Å²) in [6.07, 6.45) is 2.57. The molecule has 2 aromatic rings. The molecule has 1 fully saturated rings. The largest absolute Gasteiger partial charge is 0.508 e. The van der Waals surface area contributed by atoms with Crippen molar-refractivity contribution in [3.8, 4) is 17.2 Å². The maximum Gasteiger partial charge on any atom is 0.257 e. The fraction of sp³-hybridized carbons (Fsp3) is 0.300. The first-order chi connectivity index (χ1) is 14.4. The summed E-state index contributed by atoms with van der Waals surface area (Å²) in [6.45, 7) is 0.779. The zero-order valence-electron chi connectivity index (χ0n) is 16.1. The highest BCUT2D eigenvalue weighted by atomic mass is 32.2. The van der Waals surface area contributed by atoms with Crippen molar-refractivity contribution in [3.63, 3.8) is 0 Å². The molecule has 0 radical (unpaired) electrons. The molecule has 1 saturated heterocycles. The van der Waals surface area contributed by atoms with E-state index in [1.54, 1.807) is 23.1 Å². The third kappa shape index (κ3) is 3.90. The number of nitrogens with zero attached hydrogens (tertiary/aromatic N) is 2. The summed E-state index contributed by atoms with van der Waals surface area (Å²) in [5, 5.41) is 19.5. The zero-order valence-corrected chi connectivity index (χ0v) is 16.9. The smallest absolute Gasteiger partial charge is 0.257 e. The topological polar surface area (TPSA) is 137 Å². The van der Waals surface area contributed by atoms with Crippen molar-refractivity contribution in [2.45, 2.75) is 25.3 Å². The lowest BCUT2D eigenvalue weighted by Gasteiger charge is -2.36. The van der Waals surface area contributed by atoms with Crippen LogP contribution >= 0.6 is 0 Å². The third-order valence-electron chi connectivity index (χ3n) is 5.19. The molecule has 1 amide bonds. The summed E-state index contributed by atoms with van der Waals surface area (Å²) in [6, 6.07) is 8.99. The summed E-state index contributed by atoms with van der Waals surface area (Å²) >= 11 is -1.62. The number of nitrogens with two attached hydrogens (primary N) is 1. The summed E-state index contributed by atoms with van der Waals surface area (Å²) in [4.78, 5) is 14.7. The molecule has 2 aromatic carbocycles. The van der Waals surface area contributed by atoms with Crippen LogP contribution in [0.2, 0.25) is 0 Å². The van der Waals surface area contributed by atoms with Gasteiger partial charge in [0.05, 0.1) is 22.9 Å². The molecule has 0 bridgehead atoms. The Hall–Kier alpha value is -3.27. The van der Waals surface area contributed by atoms with Gasteiger partial charge >= 0.3 is 0 Å². The second-order valence-corrected chi connectivity index (χ2v) is 8.05. The highest BCUT2D eigenvalue weighted by Gasteiger charge is 2.30. The Bertz CT molecular complexity index is 1040. The van der Waals surface area contributed by atoms with Crippen LogP contribution in [0.25, 0.3) is 0 Å². The molecule has 5 N–H and O–H groups in total. The second-order valence-electron chi connectivity index (χ2n) is 7.17. The van der Waals surface area contributed by atoms with Crippen molar-refractivity contribution in [1.82, 2.24) is 4.90 Å². The van der Waals surface area contributed by atoms with Gasteiger partial charge in [0, 0.05) is 12.6 Å². The Kier molecular flexibility index (Phi) is 5.49. The Morgan fingerprint density at radius 3 is 2.93 bits per heavy atom. The van der Waals surface area contributed by atoms with E-state index in [4.69, 9.17) is 10.5 Å². The van der Waals surface area contributed by atoms with Crippen LogP contribution in [0.4, 0.5) is 5.69 Å². The molecule has 2 atom stereocenters. The molecule has 2 heterocycles. The van der Waals surface area contributed by atoms with Gasteiger partial charge in [0.2, 0.25) is 11.2 Å². The number of hydrogen-bond acceptors (Lipinski definition) is 6. The van der Waals surface area contributed by atoms with Crippen molar-refractivity contribution < 1.29 is 24.0 Å². The normalized spacial score (nSPS) is 20.7. The molecule has 9 nitrogen and oxygen atoms in total. The van der Waals surface area contributed by atoms with Crippen LogP contribution in [0, 0.1) is 0 Å². The van der Waals surface area contributed by atoms with E-state index in [-0.39, 0.29) is 41.5 Å². The van der Waals surface area contributed by atoms with E-state index in [9.17, 15) is 19.2 Å². The monoisotopic (exact) mass is 430 g/mol. The van der Waals surface area contributed by atoms with Crippen molar-refractivity contribution in [3.05, 3.63) is 47.5 Å². The molecule has 10 heteroatoms. The summed E-state index contributed by atoms with van der Waals surface area (Å²) in [5.74, 6) is -0.0589. The molecule has 0 saturated carbocycles. The van der Waals surface area contributed by atoms with Gasteiger partial charge in [-0.25, -0.2) is 4.21 Å². The molecule has 2 aliphatic rings. The van der Waals surface area contributed by atoms with Crippen molar-refractivity contribution in [2.24, 2.45) is 10.1 Å². The number of rotatable bonds is 4. The number of benzene rings is 2. The Labute approximate surface area is 175 Å². The number of carbonyl (C=O) groups is 1. The van der Waals surface area contributed by atoms with Crippen molar-refractivity contribution in [1.29, 1.82) is 0 Å². The van der Waals surface area contributed by atoms with Crippen molar-refractivity contribution in [2.75, 3.05) is 17.9 Å². The van der Waals surface area contributed by atoms with E-state index in [1.807, 2.05) is 0 Å². The van der Waals surface area contributed by atoms with E-state index >= 15 is 0 Å². The highest BCUT2D eigenvalue weighted by molar-refractivity contribution is 7.85. The van der Waals surface area contributed by atoms with E-state index in [0.29, 0.717) is 23.5 Å². The van der Waals surface area contributed by atoms with Gasteiger partial charge in [-0.3, -0.25) is 9.52 Å². The standard InChI is InChI=1S/C20H22N4O5S/c21-19-18-15(22-30(28)23-19)5-3-6-17(18)29-11-12-4-1-2-9-24(12)20(27)14-8-7-13(25)10-16(14)26/h3,5-8,10,12,22,25-26H,1-2,4,9,11H2,(H2,21,23). The van der Waals surface area contributed by atoms with E-state index in [1.165, 1.54) is 12.1 Å². The van der Waals surface area contributed by atoms with Gasteiger partial charge in [-0.15, -0.1) is 0 Å². The highest BCUT2D eigenvalue weighted by Crippen LogP contribution is 2.31. The number of amidine groups is 1. The number of fused-ring (bicyclic) bond motifs is 1. The van der Waals surface area contributed by atoms with E-state index in [0.717, 1.165) is 25.3 Å². The average Bonchev–Trinajstić information content (AvgIpc) is 2.71. The van der Waals surface area contributed by atoms with Gasteiger partial charge in [0.25, 0.3) is 5.91 Å². The Morgan fingerprint density at radius 2 is 2.13 bits per heavy atom. The third-order valence-corrected chi connectivity index (χ3v) is 5.95. The number of anilines is 1. The molecular weight excluding hydrogens is 408 g/mol. The summed E-state index contributed by atoms with van der Waals surface area (Å²) in [5.41, 5.74) is 7.21. The molecule has 0 aromatic heterocycles. The number of piperidine rings is 1. The number of carbonyl (C=O) groups excluding carboxylic acids is 1. The fourth-order valence-corrected chi connectivity index (χ4v) is 4.41. The molecule has 0 spiro atoms. The number of likely N-dealkylation sites (tertiary alicyclic amines) is 1. The lowest BCUT2D eigenvalue weighted by Crippen LogP contribution is -2.46. The first-order valence-corrected chi connectivity index (χ1v) is 10.7. The lowest BCUT2D eigenvalue weighted by molar-refractivity contribution is 0.0525. The van der Waals surface area contributed by atoms with Crippen LogP contribution in [-0.2, 0) is 11.2 Å². The number of nitrogens with one attached hydrogen (secondary N) is 1. The fourth-order valence-electron chi connectivity index (χ4n) is 3.74. The quantitative estimate of drug-likeness (QED) is 0.584. The van der Waals surface area contributed by atoms with Gasteiger partial charge in [0.15, 0.2) is 0 Å². The number of hydrogen-bond donors (Lipinski definition) is 4. The Morgan fingerprint density at radius 1 is 1.30 bits per heavy atom. The lowest BCUT2D eigenvalue weighted by atomic mass is 10.0. The molecular formula is C20H22N4O5S. The average molecular weight is 430 g/mol. The predicted octanol–water partition coefficient (Wildman–Crippen LogP) is 1.88. The zero-order chi connectivity index (χ0) is 21.3. The summed E-state index contributed by atoms with van der Waals surface area (Å²) < 4.78 is 24.3. The minimum atomic E-state index is -1.62. The molecule has 30 heavy (non-hydrogen) atoms. The van der Waals surface area contributed by atoms with Crippen LogP contribution in [-0.4, -0.2) is 50.3 Å². The maximum absolute atomic E-state index is 13.0. The minimum absolute atomic E-state index is 0.106. The van der Waals surface area contributed by atoms with Crippen molar-refractivity contribution >= 4 is 28.6 Å². The molecule has 2 aliphatic heterocycles. The number of ether oxygens (including phenoxy) is 1. The molecule has 4 rings (SSSR count). The maximum atomic E-state index is 13.0.